The topological polar surface area (TPSA) is 0 Å². The lowest BCUT2D eigenvalue weighted by Crippen LogP contribution is -2.19. The minimum absolute atomic E-state index is 0.0432. The molecule has 0 aromatic carbocycles. The van der Waals surface area contributed by atoms with Crippen molar-refractivity contribution in [2.75, 3.05) is 0 Å². The summed E-state index contributed by atoms with van der Waals surface area (Å²) in [6.07, 6.45) is 0. The van der Waals surface area contributed by atoms with Crippen LogP contribution >= 0.6 is 0 Å². The molecule has 0 spiro atoms. The molecule has 1 heteroatoms. The first-order chi connectivity index (χ1) is 5.91. The minimum atomic E-state index is -0.0432. The zero-order valence-corrected chi connectivity index (χ0v) is 11.4. The standard InChI is InChI=1S/C12H27Si/c1-10(2)7-13(8-11(3)4)9-12(5)6/h10-12H,7-9H2,1-6H3/q+1. The molecule has 0 saturated heterocycles. The highest BCUT2D eigenvalue weighted by Gasteiger charge is 2.29. The average molecular weight is 199 g/mol. The molecule has 0 nitrogen and oxygen atoms in total. The molecule has 0 aromatic heterocycles. The van der Waals surface area contributed by atoms with Gasteiger partial charge in [0.05, 0.1) is 18.1 Å². The maximum absolute atomic E-state index is 2.37. The van der Waals surface area contributed by atoms with Gasteiger partial charge in [-0.15, -0.1) is 0 Å². The summed E-state index contributed by atoms with van der Waals surface area (Å²) < 4.78 is 0. The average Bonchev–Trinajstić information content (AvgIpc) is 1.80. The van der Waals surface area contributed by atoms with Crippen LogP contribution in [0.25, 0.3) is 0 Å². The molecule has 0 aliphatic heterocycles. The van der Waals surface area contributed by atoms with E-state index in [-0.39, 0.29) is 8.80 Å². The van der Waals surface area contributed by atoms with Crippen molar-refractivity contribution >= 4 is 8.80 Å². The van der Waals surface area contributed by atoms with Crippen LogP contribution in [0.3, 0.4) is 0 Å². The Hall–Kier alpha value is 0.217. The molecule has 0 saturated carbocycles. The lowest BCUT2D eigenvalue weighted by molar-refractivity contribution is 0.659. The van der Waals surface area contributed by atoms with Gasteiger partial charge in [-0.05, 0) is 17.8 Å². The molecule has 0 aliphatic carbocycles. The van der Waals surface area contributed by atoms with E-state index in [2.05, 4.69) is 41.5 Å². The van der Waals surface area contributed by atoms with Crippen molar-refractivity contribution in [3.05, 3.63) is 0 Å². The fourth-order valence-electron chi connectivity index (χ4n) is 1.98. The highest BCUT2D eigenvalue weighted by Crippen LogP contribution is 2.20. The summed E-state index contributed by atoms with van der Waals surface area (Å²) in [5, 5.41) is 0. The molecule has 0 aliphatic rings. The van der Waals surface area contributed by atoms with Crippen molar-refractivity contribution in [2.24, 2.45) is 17.8 Å². The predicted molar refractivity (Wildman–Crippen MR) is 64.7 cm³/mol. The second-order valence-electron chi connectivity index (χ2n) is 5.54. The van der Waals surface area contributed by atoms with Crippen molar-refractivity contribution in [3.63, 3.8) is 0 Å². The second-order valence-corrected chi connectivity index (χ2v) is 8.27. The van der Waals surface area contributed by atoms with Crippen LogP contribution in [0.2, 0.25) is 18.1 Å². The van der Waals surface area contributed by atoms with E-state index in [0.29, 0.717) is 0 Å². The molecule has 78 valence electrons. The third-order valence-electron chi connectivity index (χ3n) is 2.09. The Morgan fingerprint density at radius 3 is 1.00 bits per heavy atom. The van der Waals surface area contributed by atoms with Crippen LogP contribution in [-0.2, 0) is 0 Å². The summed E-state index contributed by atoms with van der Waals surface area (Å²) in [4.78, 5) is 0. The van der Waals surface area contributed by atoms with Gasteiger partial charge < -0.3 is 0 Å². The minimum Gasteiger partial charge on any atom is -0.0602 e. The Kier molecular flexibility index (Phi) is 6.75. The molecule has 0 fully saturated rings. The molecule has 0 radical (unpaired) electrons. The van der Waals surface area contributed by atoms with Gasteiger partial charge in [0.15, 0.2) is 0 Å². The second kappa shape index (κ2) is 6.64. The van der Waals surface area contributed by atoms with E-state index in [9.17, 15) is 0 Å². The molecule has 13 heavy (non-hydrogen) atoms. The summed E-state index contributed by atoms with van der Waals surface area (Å²) in [6, 6.07) is 4.54. The van der Waals surface area contributed by atoms with Crippen LogP contribution in [0.1, 0.15) is 41.5 Å². The summed E-state index contributed by atoms with van der Waals surface area (Å²) in [7, 11) is -0.0432. The Bertz CT molecular complexity index is 92.5. The molecule has 0 atom stereocenters. The first kappa shape index (κ1) is 13.2. The fraction of sp³-hybridized carbons (Fsp3) is 1.00. The first-order valence-corrected chi connectivity index (χ1v) is 7.87. The van der Waals surface area contributed by atoms with Crippen LogP contribution < -0.4 is 0 Å². The van der Waals surface area contributed by atoms with Crippen LogP contribution in [0.5, 0.6) is 0 Å². The smallest absolute Gasteiger partial charge is 0.0602 e. The third kappa shape index (κ3) is 8.54. The molecular formula is C12H27Si+. The Morgan fingerprint density at radius 2 is 0.846 bits per heavy atom. The van der Waals surface area contributed by atoms with E-state index in [1.807, 2.05) is 0 Å². The monoisotopic (exact) mass is 199 g/mol. The lowest BCUT2D eigenvalue weighted by atomic mass is 10.3. The molecule has 0 amide bonds. The van der Waals surface area contributed by atoms with E-state index in [1.165, 1.54) is 18.1 Å². The van der Waals surface area contributed by atoms with Gasteiger partial charge in [0.1, 0.15) is 0 Å². The summed E-state index contributed by atoms with van der Waals surface area (Å²) in [5.41, 5.74) is 0. The normalized spacial score (nSPS) is 11.8. The summed E-state index contributed by atoms with van der Waals surface area (Å²) in [6.45, 7) is 14.2. The van der Waals surface area contributed by atoms with Gasteiger partial charge in [-0.2, -0.15) is 0 Å². The lowest BCUT2D eigenvalue weighted by Gasteiger charge is -2.09. The summed E-state index contributed by atoms with van der Waals surface area (Å²) in [5.74, 6) is 2.73. The Labute approximate surface area is 86.7 Å². The quantitative estimate of drug-likeness (QED) is 0.554. The molecule has 0 bridgehead atoms. The Morgan fingerprint density at radius 1 is 0.615 bits per heavy atom. The molecule has 0 aromatic rings. The largest absolute Gasteiger partial charge is 0.315 e. The summed E-state index contributed by atoms with van der Waals surface area (Å²) >= 11 is 0. The number of rotatable bonds is 6. The van der Waals surface area contributed by atoms with Gasteiger partial charge in [0, 0.05) is 0 Å². The van der Waals surface area contributed by atoms with Crippen LogP contribution in [0.15, 0.2) is 0 Å². The van der Waals surface area contributed by atoms with E-state index in [1.54, 1.807) is 0 Å². The van der Waals surface area contributed by atoms with E-state index in [4.69, 9.17) is 0 Å². The van der Waals surface area contributed by atoms with Crippen molar-refractivity contribution in [2.45, 2.75) is 59.7 Å². The van der Waals surface area contributed by atoms with Crippen molar-refractivity contribution < 1.29 is 0 Å². The maximum Gasteiger partial charge on any atom is 0.315 e. The predicted octanol–water partition coefficient (Wildman–Crippen LogP) is 4.45. The maximum atomic E-state index is 2.37. The molecular weight excluding hydrogens is 172 g/mol. The SMILES string of the molecule is CC(C)C[Si+](CC(C)C)CC(C)C. The van der Waals surface area contributed by atoms with E-state index >= 15 is 0 Å². The zero-order valence-electron chi connectivity index (χ0n) is 10.4. The van der Waals surface area contributed by atoms with Crippen LogP contribution in [0, 0.1) is 17.8 Å². The number of hydrogen-bond acceptors (Lipinski definition) is 0. The van der Waals surface area contributed by atoms with Gasteiger partial charge in [-0.3, -0.25) is 0 Å². The number of hydrogen-bond donors (Lipinski definition) is 0. The van der Waals surface area contributed by atoms with Gasteiger partial charge in [0.25, 0.3) is 0 Å². The molecule has 0 rings (SSSR count). The van der Waals surface area contributed by atoms with Crippen LogP contribution in [-0.4, -0.2) is 8.80 Å². The molecule has 0 N–H and O–H groups in total. The highest BCUT2D eigenvalue weighted by molar-refractivity contribution is 6.58. The highest BCUT2D eigenvalue weighted by atomic mass is 28.3. The van der Waals surface area contributed by atoms with Gasteiger partial charge in [-0.1, -0.05) is 41.5 Å². The van der Waals surface area contributed by atoms with Crippen molar-refractivity contribution in [3.8, 4) is 0 Å². The third-order valence-corrected chi connectivity index (χ3v) is 6.27. The van der Waals surface area contributed by atoms with Crippen molar-refractivity contribution in [1.82, 2.24) is 0 Å². The van der Waals surface area contributed by atoms with Gasteiger partial charge >= 0.3 is 8.80 Å². The Balaban J connectivity index is 3.87. The van der Waals surface area contributed by atoms with Crippen LogP contribution in [0.4, 0.5) is 0 Å². The zero-order chi connectivity index (χ0) is 10.4. The van der Waals surface area contributed by atoms with Gasteiger partial charge in [-0.25, -0.2) is 0 Å². The first-order valence-electron chi connectivity index (χ1n) is 5.75. The van der Waals surface area contributed by atoms with E-state index < -0.39 is 0 Å². The van der Waals surface area contributed by atoms with Gasteiger partial charge in [0.2, 0.25) is 0 Å². The van der Waals surface area contributed by atoms with Crippen molar-refractivity contribution in [1.29, 1.82) is 0 Å². The van der Waals surface area contributed by atoms with E-state index in [0.717, 1.165) is 17.8 Å². The molecule has 0 unspecified atom stereocenters. The fourth-order valence-corrected chi connectivity index (χ4v) is 5.95. The molecule has 0 heterocycles.